The average molecular weight is 482 g/mol. The van der Waals surface area contributed by atoms with E-state index >= 15 is 0 Å². The maximum absolute atomic E-state index is 12.9. The number of hydrogen-bond acceptors (Lipinski definition) is 8. The maximum Gasteiger partial charge on any atom is 0.488 e. The molecule has 0 radical (unpaired) electrons. The van der Waals surface area contributed by atoms with Crippen LogP contribution in [-0.4, -0.2) is 52.4 Å². The van der Waals surface area contributed by atoms with E-state index in [2.05, 4.69) is 15.3 Å². The molecule has 2 aromatic carbocycles. The zero-order chi connectivity index (χ0) is 23.9. The van der Waals surface area contributed by atoms with E-state index in [-0.39, 0.29) is 17.0 Å². The third-order valence-electron chi connectivity index (χ3n) is 5.67. The molecular weight excluding hydrogens is 457 g/mol. The highest BCUT2D eigenvalue weighted by Gasteiger charge is 2.39. The molecule has 0 aliphatic heterocycles. The molecule has 4 rings (SSSR count). The molecule has 1 aromatic heterocycles. The first-order valence-corrected chi connectivity index (χ1v) is 11.4. The summed E-state index contributed by atoms with van der Waals surface area (Å²) in [5.74, 6) is 1.30. The van der Waals surface area contributed by atoms with Crippen LogP contribution in [0, 0.1) is 11.8 Å². The number of nitrogens with zero attached hydrogens (tertiary/aromatic N) is 2. The molecule has 1 saturated carbocycles. The van der Waals surface area contributed by atoms with Crippen molar-refractivity contribution >= 4 is 36.0 Å². The van der Waals surface area contributed by atoms with E-state index in [1.54, 1.807) is 30.3 Å². The molecule has 1 heterocycles. The van der Waals surface area contributed by atoms with Crippen LogP contribution in [-0.2, 0) is 16.0 Å². The van der Waals surface area contributed by atoms with Gasteiger partial charge in [0.1, 0.15) is 29.1 Å². The van der Waals surface area contributed by atoms with Gasteiger partial charge in [-0.15, -0.1) is 0 Å². The van der Waals surface area contributed by atoms with Crippen LogP contribution in [0.2, 0.25) is 5.15 Å². The Hall–Kier alpha value is -3.14. The molecule has 0 spiro atoms. The summed E-state index contributed by atoms with van der Waals surface area (Å²) in [7, 11) is -1.50. The fraction of sp³-hybridized carbons (Fsp3) is 0.292. The summed E-state index contributed by atoms with van der Waals surface area (Å²) in [5.41, 5.74) is 1.40. The summed E-state index contributed by atoms with van der Waals surface area (Å²) >= 11 is 5.95. The molecule has 176 valence electrons. The highest BCUT2D eigenvalue weighted by Crippen LogP contribution is 2.39. The third-order valence-corrected chi connectivity index (χ3v) is 5.88. The Bertz CT molecular complexity index is 1090. The smallest absolute Gasteiger partial charge is 0.488 e. The largest absolute Gasteiger partial charge is 0.493 e. The fourth-order valence-corrected chi connectivity index (χ4v) is 3.73. The SMILES string of the molecule is O=C(OCC1CC1COc1ccc(B(O)O)cc1)[C@@H](Cc1ccccc1)Nc1cc(Cl)ncn1. The van der Waals surface area contributed by atoms with Crippen molar-refractivity contribution in [3.8, 4) is 5.75 Å². The Balaban J connectivity index is 1.27. The van der Waals surface area contributed by atoms with Crippen molar-refractivity contribution in [1.29, 1.82) is 0 Å². The van der Waals surface area contributed by atoms with Gasteiger partial charge in [-0.2, -0.15) is 0 Å². The number of carbonyl (C=O) groups is 1. The number of rotatable bonds is 11. The number of ether oxygens (including phenoxy) is 2. The van der Waals surface area contributed by atoms with E-state index in [0.717, 1.165) is 12.0 Å². The molecule has 2 unspecified atom stereocenters. The summed E-state index contributed by atoms with van der Waals surface area (Å²) in [6, 6.07) is 17.2. The van der Waals surface area contributed by atoms with Gasteiger partial charge in [-0.25, -0.2) is 14.8 Å². The number of halogens is 1. The van der Waals surface area contributed by atoms with E-state index in [4.69, 9.17) is 31.1 Å². The van der Waals surface area contributed by atoms with Crippen molar-refractivity contribution < 1.29 is 24.3 Å². The topological polar surface area (TPSA) is 114 Å². The van der Waals surface area contributed by atoms with Crippen molar-refractivity contribution in [3.63, 3.8) is 0 Å². The molecule has 3 aromatic rings. The van der Waals surface area contributed by atoms with Crippen molar-refractivity contribution in [2.75, 3.05) is 18.5 Å². The number of nitrogens with one attached hydrogen (secondary N) is 1. The average Bonchev–Trinajstić information content (AvgIpc) is 3.60. The molecule has 1 aliphatic rings. The van der Waals surface area contributed by atoms with E-state index in [1.807, 2.05) is 30.3 Å². The van der Waals surface area contributed by atoms with Crippen molar-refractivity contribution in [1.82, 2.24) is 9.97 Å². The molecule has 3 atom stereocenters. The Morgan fingerprint density at radius 3 is 2.53 bits per heavy atom. The van der Waals surface area contributed by atoms with Gasteiger partial charge in [0.25, 0.3) is 0 Å². The second-order valence-electron chi connectivity index (χ2n) is 8.25. The van der Waals surface area contributed by atoms with Gasteiger partial charge in [-0.1, -0.05) is 54.1 Å². The quantitative estimate of drug-likeness (QED) is 0.217. The molecule has 10 heteroatoms. The molecule has 0 amide bonds. The summed E-state index contributed by atoms with van der Waals surface area (Å²) in [6.45, 7) is 0.828. The lowest BCUT2D eigenvalue weighted by molar-refractivity contribution is -0.145. The van der Waals surface area contributed by atoms with Gasteiger partial charge in [0, 0.05) is 12.5 Å². The van der Waals surface area contributed by atoms with Gasteiger partial charge < -0.3 is 24.8 Å². The van der Waals surface area contributed by atoms with Crippen LogP contribution in [0.5, 0.6) is 5.75 Å². The van der Waals surface area contributed by atoms with E-state index in [9.17, 15) is 4.79 Å². The highest BCUT2D eigenvalue weighted by atomic mass is 35.5. The van der Waals surface area contributed by atoms with Crippen molar-refractivity contribution in [3.05, 3.63) is 77.7 Å². The van der Waals surface area contributed by atoms with Crippen LogP contribution >= 0.6 is 11.6 Å². The number of hydrogen-bond donors (Lipinski definition) is 3. The van der Waals surface area contributed by atoms with Crippen molar-refractivity contribution in [2.24, 2.45) is 11.8 Å². The Kier molecular flexibility index (Phi) is 8.00. The first-order chi connectivity index (χ1) is 16.5. The van der Waals surface area contributed by atoms with E-state index in [0.29, 0.717) is 42.6 Å². The minimum absolute atomic E-state index is 0.244. The molecule has 0 saturated heterocycles. The minimum Gasteiger partial charge on any atom is -0.493 e. The second-order valence-corrected chi connectivity index (χ2v) is 8.64. The molecule has 8 nitrogen and oxygen atoms in total. The zero-order valence-electron chi connectivity index (χ0n) is 18.4. The molecule has 0 bridgehead atoms. The normalized spacial score (nSPS) is 17.5. The Morgan fingerprint density at radius 1 is 1.09 bits per heavy atom. The van der Waals surface area contributed by atoms with Crippen LogP contribution in [0.25, 0.3) is 0 Å². The zero-order valence-corrected chi connectivity index (χ0v) is 19.1. The first-order valence-electron chi connectivity index (χ1n) is 11.0. The first kappa shape index (κ1) is 24.0. The lowest BCUT2D eigenvalue weighted by atomic mass is 9.80. The van der Waals surface area contributed by atoms with Gasteiger partial charge >= 0.3 is 13.1 Å². The number of benzene rings is 2. The second kappa shape index (κ2) is 11.3. The molecule has 1 fully saturated rings. The Labute approximate surface area is 203 Å². The monoisotopic (exact) mass is 481 g/mol. The standard InChI is InChI=1S/C24H25BClN3O5/c26-22-12-23(28-15-27-22)29-21(10-16-4-2-1-3-5-16)24(30)34-14-18-11-17(18)13-33-20-8-6-19(7-9-20)25(31)32/h1-9,12,15,17-18,21,31-32H,10-11,13-14H2,(H,27,28,29)/t17?,18?,21-/m1/s1. The number of anilines is 1. The molecule has 1 aliphatic carbocycles. The number of aromatic nitrogens is 2. The molecule has 34 heavy (non-hydrogen) atoms. The van der Waals surface area contributed by atoms with Gasteiger partial charge in [-0.3, -0.25) is 0 Å². The van der Waals surface area contributed by atoms with Gasteiger partial charge in [0.15, 0.2) is 0 Å². The van der Waals surface area contributed by atoms with Crippen LogP contribution in [0.15, 0.2) is 67.0 Å². The maximum atomic E-state index is 12.9. The predicted molar refractivity (Wildman–Crippen MR) is 129 cm³/mol. The van der Waals surface area contributed by atoms with Crippen LogP contribution < -0.4 is 15.5 Å². The molecule has 3 N–H and O–H groups in total. The lowest BCUT2D eigenvalue weighted by Crippen LogP contribution is -2.34. The van der Waals surface area contributed by atoms with Crippen LogP contribution in [0.4, 0.5) is 5.82 Å². The van der Waals surface area contributed by atoms with Crippen molar-refractivity contribution in [2.45, 2.75) is 18.9 Å². The van der Waals surface area contributed by atoms with Crippen LogP contribution in [0.3, 0.4) is 0 Å². The number of carbonyl (C=O) groups excluding carboxylic acids is 1. The lowest BCUT2D eigenvalue weighted by Gasteiger charge is -2.18. The fourth-order valence-electron chi connectivity index (χ4n) is 3.58. The van der Waals surface area contributed by atoms with Gasteiger partial charge in [0.2, 0.25) is 0 Å². The number of esters is 1. The summed E-state index contributed by atoms with van der Waals surface area (Å²) in [6.07, 6.45) is 2.69. The van der Waals surface area contributed by atoms with E-state index < -0.39 is 13.2 Å². The minimum atomic E-state index is -1.50. The summed E-state index contributed by atoms with van der Waals surface area (Å²) < 4.78 is 11.4. The Morgan fingerprint density at radius 2 is 1.82 bits per heavy atom. The van der Waals surface area contributed by atoms with Gasteiger partial charge in [-0.05, 0) is 41.4 Å². The third kappa shape index (κ3) is 6.93. The van der Waals surface area contributed by atoms with Gasteiger partial charge in [0.05, 0.1) is 13.2 Å². The van der Waals surface area contributed by atoms with E-state index in [1.165, 1.54) is 6.33 Å². The van der Waals surface area contributed by atoms with Crippen LogP contribution in [0.1, 0.15) is 12.0 Å². The molecular formula is C24H25BClN3O5. The predicted octanol–water partition coefficient (Wildman–Crippen LogP) is 2.09. The summed E-state index contributed by atoms with van der Waals surface area (Å²) in [4.78, 5) is 20.9. The summed E-state index contributed by atoms with van der Waals surface area (Å²) in [5, 5.41) is 21.7. The highest BCUT2D eigenvalue weighted by molar-refractivity contribution is 6.58.